The van der Waals surface area contributed by atoms with Gasteiger partial charge in [0, 0.05) is 18.7 Å². The van der Waals surface area contributed by atoms with Crippen LogP contribution in [0.25, 0.3) is 11.0 Å². The number of likely N-dealkylation sites (N-methyl/N-ethyl adjacent to an activating group) is 1. The first-order valence-electron chi connectivity index (χ1n) is 10.00. The summed E-state index contributed by atoms with van der Waals surface area (Å²) in [6.07, 6.45) is 0. The Hall–Kier alpha value is -3.06. The molecule has 5 nitrogen and oxygen atoms in total. The van der Waals surface area contributed by atoms with E-state index in [9.17, 15) is 18.4 Å². The first-order valence-corrected chi connectivity index (χ1v) is 10.00. The molecule has 1 atom stereocenters. The van der Waals surface area contributed by atoms with Gasteiger partial charge in [0.05, 0.1) is 17.0 Å². The molecule has 1 amide bonds. The van der Waals surface area contributed by atoms with Crippen LogP contribution in [0.5, 0.6) is 0 Å². The molecule has 1 aromatic heterocycles. The second-order valence-corrected chi connectivity index (χ2v) is 7.26. The molecular weight excluding hydrogens is 390 g/mol. The lowest BCUT2D eigenvalue weighted by atomic mass is 9.98. The van der Waals surface area contributed by atoms with Crippen LogP contribution in [0.3, 0.4) is 0 Å². The van der Waals surface area contributed by atoms with Gasteiger partial charge in [0.25, 0.3) is 5.91 Å². The first kappa shape index (κ1) is 20.2. The van der Waals surface area contributed by atoms with Crippen LogP contribution in [0.2, 0.25) is 0 Å². The Kier molecular flexibility index (Phi) is 5.39. The number of hydrogen-bond acceptors (Lipinski definition) is 4. The molecule has 0 bridgehead atoms. The molecule has 0 saturated heterocycles. The molecule has 30 heavy (non-hydrogen) atoms. The van der Waals surface area contributed by atoms with Crippen LogP contribution in [0.1, 0.15) is 41.6 Å². The largest absolute Gasteiger partial charge is 0.450 e. The smallest absolute Gasteiger partial charge is 0.290 e. The molecule has 1 unspecified atom stereocenters. The van der Waals surface area contributed by atoms with Crippen LogP contribution in [-0.2, 0) is 0 Å². The zero-order valence-corrected chi connectivity index (χ0v) is 16.8. The molecule has 2 heterocycles. The number of fused-ring (bicyclic) bond motifs is 2. The maximum absolute atomic E-state index is 14.7. The second-order valence-electron chi connectivity index (χ2n) is 7.26. The summed E-state index contributed by atoms with van der Waals surface area (Å²) >= 11 is 0. The summed E-state index contributed by atoms with van der Waals surface area (Å²) in [5.74, 6) is -1.67. The summed E-state index contributed by atoms with van der Waals surface area (Å²) in [6.45, 7) is 6.51. The third-order valence-electron chi connectivity index (χ3n) is 5.68. The summed E-state index contributed by atoms with van der Waals surface area (Å²) in [7, 11) is 0. The van der Waals surface area contributed by atoms with Gasteiger partial charge in [0.1, 0.15) is 17.2 Å². The summed E-state index contributed by atoms with van der Waals surface area (Å²) in [5.41, 5.74) is -0.112. The van der Waals surface area contributed by atoms with E-state index in [-0.39, 0.29) is 27.9 Å². The number of rotatable bonds is 6. The third kappa shape index (κ3) is 3.29. The van der Waals surface area contributed by atoms with Crippen molar-refractivity contribution in [2.24, 2.45) is 0 Å². The van der Waals surface area contributed by atoms with Gasteiger partial charge in [-0.2, -0.15) is 0 Å². The zero-order valence-electron chi connectivity index (χ0n) is 16.8. The Morgan fingerprint density at radius 2 is 1.80 bits per heavy atom. The fourth-order valence-corrected chi connectivity index (χ4v) is 4.03. The van der Waals surface area contributed by atoms with Crippen LogP contribution < -0.4 is 5.43 Å². The Labute approximate surface area is 172 Å². The fraction of sp³-hybridized carbons (Fsp3) is 0.304. The van der Waals surface area contributed by atoms with Crippen LogP contribution in [-0.4, -0.2) is 41.9 Å². The van der Waals surface area contributed by atoms with Gasteiger partial charge in [0.15, 0.2) is 5.43 Å². The van der Waals surface area contributed by atoms with E-state index in [0.717, 1.165) is 19.2 Å². The van der Waals surface area contributed by atoms with Crippen molar-refractivity contribution in [3.8, 4) is 0 Å². The average Bonchev–Trinajstić information content (AvgIpc) is 3.02. The molecule has 1 aliphatic rings. The molecule has 0 fully saturated rings. The van der Waals surface area contributed by atoms with E-state index < -0.39 is 29.0 Å². The lowest BCUT2D eigenvalue weighted by Gasteiger charge is -2.28. The van der Waals surface area contributed by atoms with Gasteiger partial charge < -0.3 is 14.2 Å². The van der Waals surface area contributed by atoms with Crippen LogP contribution >= 0.6 is 0 Å². The van der Waals surface area contributed by atoms with Crippen molar-refractivity contribution in [1.29, 1.82) is 0 Å². The van der Waals surface area contributed by atoms with Crippen LogP contribution in [0, 0.1) is 11.6 Å². The molecule has 0 radical (unpaired) electrons. The highest BCUT2D eigenvalue weighted by Crippen LogP contribution is 2.38. The minimum atomic E-state index is -0.923. The Bertz CT molecular complexity index is 1170. The number of nitrogens with zero attached hydrogens (tertiary/aromatic N) is 2. The molecule has 156 valence electrons. The van der Waals surface area contributed by atoms with Gasteiger partial charge >= 0.3 is 0 Å². The molecular formula is C23H22F2N2O3. The molecule has 0 spiro atoms. The fourth-order valence-electron chi connectivity index (χ4n) is 4.03. The molecule has 7 heteroatoms. The number of halogens is 2. The number of amides is 1. The topological polar surface area (TPSA) is 53.8 Å². The minimum absolute atomic E-state index is 0.0356. The highest BCUT2D eigenvalue weighted by Gasteiger charge is 2.43. The van der Waals surface area contributed by atoms with Gasteiger partial charge in [-0.15, -0.1) is 0 Å². The zero-order chi connectivity index (χ0) is 21.4. The van der Waals surface area contributed by atoms with E-state index in [0.29, 0.717) is 13.1 Å². The molecule has 2 aromatic carbocycles. The predicted octanol–water partition coefficient (Wildman–Crippen LogP) is 3.96. The number of carbonyl (C=O) groups excluding carboxylic acids is 1. The molecule has 0 N–H and O–H groups in total. The maximum Gasteiger partial charge on any atom is 0.290 e. The highest BCUT2D eigenvalue weighted by molar-refractivity contribution is 5.99. The van der Waals surface area contributed by atoms with Crippen molar-refractivity contribution < 1.29 is 18.0 Å². The molecule has 1 aliphatic heterocycles. The van der Waals surface area contributed by atoms with E-state index in [1.54, 1.807) is 18.2 Å². The number of benzene rings is 2. The van der Waals surface area contributed by atoms with Gasteiger partial charge in [-0.05, 0) is 37.4 Å². The lowest BCUT2D eigenvalue weighted by Crippen LogP contribution is -2.38. The van der Waals surface area contributed by atoms with Gasteiger partial charge in [-0.1, -0.05) is 32.0 Å². The van der Waals surface area contributed by atoms with Crippen molar-refractivity contribution in [2.45, 2.75) is 19.9 Å². The van der Waals surface area contributed by atoms with E-state index in [1.807, 2.05) is 13.8 Å². The van der Waals surface area contributed by atoms with E-state index in [4.69, 9.17) is 4.42 Å². The lowest BCUT2D eigenvalue weighted by molar-refractivity contribution is 0.0706. The average molecular weight is 412 g/mol. The Balaban J connectivity index is 1.90. The Morgan fingerprint density at radius 3 is 2.50 bits per heavy atom. The van der Waals surface area contributed by atoms with Crippen LogP contribution in [0.15, 0.2) is 51.7 Å². The SMILES string of the molecule is CCN(CC)CCN1C(=O)c2oc3ccc(F)cc3c(=O)c2C1c1ccccc1F. The summed E-state index contributed by atoms with van der Waals surface area (Å²) in [5, 5.41) is 0.0356. The quantitative estimate of drug-likeness (QED) is 0.615. The van der Waals surface area contributed by atoms with Crippen molar-refractivity contribution >= 4 is 16.9 Å². The van der Waals surface area contributed by atoms with E-state index in [1.165, 1.54) is 23.1 Å². The van der Waals surface area contributed by atoms with E-state index in [2.05, 4.69) is 4.90 Å². The molecule has 0 saturated carbocycles. The van der Waals surface area contributed by atoms with Crippen molar-refractivity contribution in [1.82, 2.24) is 9.80 Å². The van der Waals surface area contributed by atoms with E-state index >= 15 is 0 Å². The first-order chi connectivity index (χ1) is 14.5. The summed E-state index contributed by atoms with van der Waals surface area (Å²) in [4.78, 5) is 30.1. The molecule has 3 aromatic rings. The number of carbonyl (C=O) groups is 1. The standard InChI is InChI=1S/C23H22F2N2O3/c1-3-26(4-2)11-12-27-20(15-7-5-6-8-17(15)25)19-21(28)16-13-14(24)9-10-18(16)30-22(19)23(27)29/h5-10,13,20H,3-4,11-12H2,1-2H3. The van der Waals surface area contributed by atoms with Crippen molar-refractivity contribution in [2.75, 3.05) is 26.2 Å². The minimum Gasteiger partial charge on any atom is -0.450 e. The second kappa shape index (κ2) is 7.99. The van der Waals surface area contributed by atoms with Crippen molar-refractivity contribution in [3.05, 3.63) is 81.2 Å². The maximum atomic E-state index is 14.7. The van der Waals surface area contributed by atoms with Crippen molar-refractivity contribution in [3.63, 3.8) is 0 Å². The summed E-state index contributed by atoms with van der Waals surface area (Å²) in [6, 6.07) is 8.72. The third-order valence-corrected chi connectivity index (χ3v) is 5.68. The highest BCUT2D eigenvalue weighted by atomic mass is 19.1. The Morgan fingerprint density at radius 1 is 1.07 bits per heavy atom. The van der Waals surface area contributed by atoms with Gasteiger partial charge in [0.2, 0.25) is 5.76 Å². The summed E-state index contributed by atoms with van der Waals surface area (Å²) < 4.78 is 34.2. The van der Waals surface area contributed by atoms with Gasteiger partial charge in [-0.25, -0.2) is 8.78 Å². The predicted molar refractivity (Wildman–Crippen MR) is 110 cm³/mol. The molecule has 0 aliphatic carbocycles. The van der Waals surface area contributed by atoms with Gasteiger partial charge in [-0.3, -0.25) is 9.59 Å². The monoisotopic (exact) mass is 412 g/mol. The van der Waals surface area contributed by atoms with Crippen LogP contribution in [0.4, 0.5) is 8.78 Å². The normalized spacial score (nSPS) is 16.0. The molecule has 4 rings (SSSR count). The number of hydrogen-bond donors (Lipinski definition) is 0.